The Kier molecular flexibility index (Phi) is 3.55. The zero-order valence-corrected chi connectivity index (χ0v) is 9.87. The van der Waals surface area contributed by atoms with Crippen molar-refractivity contribution < 1.29 is 9.90 Å². The van der Waals surface area contributed by atoms with Crippen molar-refractivity contribution in [1.29, 1.82) is 0 Å². The van der Waals surface area contributed by atoms with E-state index >= 15 is 0 Å². The molecule has 4 heteroatoms. The van der Waals surface area contributed by atoms with Crippen molar-refractivity contribution in [2.45, 2.75) is 32.6 Å². The molecule has 0 aliphatic carbocycles. The summed E-state index contributed by atoms with van der Waals surface area (Å²) in [6, 6.07) is 5.17. The van der Waals surface area contributed by atoms with E-state index < -0.39 is 0 Å². The topological polar surface area (TPSA) is 75.4 Å². The fourth-order valence-corrected chi connectivity index (χ4v) is 1.53. The second-order valence-corrected chi connectivity index (χ2v) is 4.85. The molecule has 0 unspecified atom stereocenters. The van der Waals surface area contributed by atoms with Crippen LogP contribution in [0.1, 0.15) is 31.9 Å². The molecule has 1 rings (SSSR count). The third-order valence-electron chi connectivity index (χ3n) is 2.39. The Balaban J connectivity index is 3.03. The molecule has 0 saturated carbocycles. The average molecular weight is 222 g/mol. The number of hydrogen-bond donors (Lipinski definition) is 3. The smallest absolute Gasteiger partial charge is 0.238 e. The van der Waals surface area contributed by atoms with Crippen LogP contribution >= 0.6 is 0 Å². The highest BCUT2D eigenvalue weighted by Gasteiger charge is 2.18. The summed E-state index contributed by atoms with van der Waals surface area (Å²) in [6.07, 6.45) is 0.222. The van der Waals surface area contributed by atoms with Crippen LogP contribution in [0.3, 0.4) is 0 Å². The number of phenolic OH excluding ortho intramolecular Hbond substituents is 1. The first kappa shape index (κ1) is 12.5. The number of hydrogen-bond acceptors (Lipinski definition) is 3. The zero-order chi connectivity index (χ0) is 12.3. The summed E-state index contributed by atoms with van der Waals surface area (Å²) in [4.78, 5) is 11.1. The van der Waals surface area contributed by atoms with E-state index in [1.807, 2.05) is 26.8 Å². The lowest BCUT2D eigenvalue weighted by molar-refractivity contribution is -0.120. The maximum Gasteiger partial charge on any atom is 0.238 e. The fraction of sp³-hybridized carbons (Fsp3) is 0.417. The minimum atomic E-state index is -0.245. The Hall–Kier alpha value is -1.55. The Morgan fingerprint density at radius 2 is 2.06 bits per heavy atom. The van der Waals surface area contributed by atoms with Gasteiger partial charge in [-0.1, -0.05) is 32.9 Å². The lowest BCUT2D eigenvalue weighted by atomic mass is 9.85. The molecular formula is C12H18N2O2. The Labute approximate surface area is 95.4 Å². The van der Waals surface area contributed by atoms with Gasteiger partial charge in [0.05, 0.1) is 6.42 Å². The molecule has 0 aliphatic rings. The van der Waals surface area contributed by atoms with Gasteiger partial charge in [-0.2, -0.15) is 0 Å². The first-order chi connectivity index (χ1) is 7.34. The van der Waals surface area contributed by atoms with Crippen LogP contribution in [0.15, 0.2) is 18.2 Å². The summed E-state index contributed by atoms with van der Waals surface area (Å²) in [5.41, 5.74) is 3.60. The zero-order valence-electron chi connectivity index (χ0n) is 9.87. The van der Waals surface area contributed by atoms with Gasteiger partial charge >= 0.3 is 0 Å². The average Bonchev–Trinajstić information content (AvgIpc) is 2.19. The number of benzene rings is 1. The first-order valence-corrected chi connectivity index (χ1v) is 5.16. The molecule has 0 aromatic heterocycles. The highest BCUT2D eigenvalue weighted by Crippen LogP contribution is 2.31. The number of nitrogens with two attached hydrogens (primary N) is 1. The number of aromatic hydroxyl groups is 1. The molecule has 0 heterocycles. The van der Waals surface area contributed by atoms with E-state index in [-0.39, 0.29) is 23.5 Å². The van der Waals surface area contributed by atoms with E-state index in [0.29, 0.717) is 0 Å². The predicted molar refractivity (Wildman–Crippen MR) is 62.8 cm³/mol. The SMILES string of the molecule is CC(C)(C)c1cc(CC(=O)NN)ccc1O. The number of phenols is 1. The van der Waals surface area contributed by atoms with Crippen molar-refractivity contribution in [2.75, 3.05) is 0 Å². The summed E-state index contributed by atoms with van der Waals surface area (Å²) in [6.45, 7) is 6.03. The molecule has 0 spiro atoms. The minimum Gasteiger partial charge on any atom is -0.508 e. The van der Waals surface area contributed by atoms with Crippen molar-refractivity contribution in [2.24, 2.45) is 5.84 Å². The summed E-state index contributed by atoms with van der Waals surface area (Å²) in [5, 5.41) is 9.74. The number of carbonyl (C=O) groups excluding carboxylic acids is 1. The van der Waals surface area contributed by atoms with Gasteiger partial charge in [0.25, 0.3) is 0 Å². The van der Waals surface area contributed by atoms with E-state index in [0.717, 1.165) is 11.1 Å². The summed E-state index contributed by atoms with van der Waals surface area (Å²) in [5.74, 6) is 5.03. The van der Waals surface area contributed by atoms with Gasteiger partial charge in [-0.25, -0.2) is 5.84 Å². The predicted octanol–water partition coefficient (Wildman–Crippen LogP) is 1.22. The third-order valence-corrected chi connectivity index (χ3v) is 2.39. The minimum absolute atomic E-state index is 0.153. The summed E-state index contributed by atoms with van der Waals surface area (Å²) < 4.78 is 0. The molecule has 1 amide bonds. The van der Waals surface area contributed by atoms with Gasteiger partial charge in [-0.05, 0) is 22.6 Å². The van der Waals surface area contributed by atoms with Gasteiger partial charge in [-0.3, -0.25) is 10.2 Å². The molecule has 0 aliphatic heterocycles. The van der Waals surface area contributed by atoms with Crippen LogP contribution in [0.5, 0.6) is 5.75 Å². The third kappa shape index (κ3) is 2.97. The van der Waals surface area contributed by atoms with Gasteiger partial charge in [0.15, 0.2) is 0 Å². The van der Waals surface area contributed by atoms with Crippen LogP contribution in [0, 0.1) is 0 Å². The maximum atomic E-state index is 11.1. The fourth-order valence-electron chi connectivity index (χ4n) is 1.53. The largest absolute Gasteiger partial charge is 0.508 e. The van der Waals surface area contributed by atoms with Gasteiger partial charge in [0.2, 0.25) is 5.91 Å². The molecule has 1 aromatic rings. The second kappa shape index (κ2) is 4.53. The van der Waals surface area contributed by atoms with E-state index in [9.17, 15) is 9.90 Å². The van der Waals surface area contributed by atoms with Gasteiger partial charge in [0.1, 0.15) is 5.75 Å². The van der Waals surface area contributed by atoms with Crippen molar-refractivity contribution >= 4 is 5.91 Å². The van der Waals surface area contributed by atoms with Crippen molar-refractivity contribution in [3.8, 4) is 5.75 Å². The lowest BCUT2D eigenvalue weighted by Gasteiger charge is -2.21. The van der Waals surface area contributed by atoms with Crippen LogP contribution in [0.4, 0.5) is 0 Å². The van der Waals surface area contributed by atoms with Crippen LogP contribution in [0.25, 0.3) is 0 Å². The van der Waals surface area contributed by atoms with E-state index in [4.69, 9.17) is 5.84 Å². The molecule has 16 heavy (non-hydrogen) atoms. The van der Waals surface area contributed by atoms with Crippen LogP contribution in [-0.2, 0) is 16.6 Å². The highest BCUT2D eigenvalue weighted by atomic mass is 16.3. The Morgan fingerprint density at radius 1 is 1.44 bits per heavy atom. The van der Waals surface area contributed by atoms with Gasteiger partial charge in [-0.15, -0.1) is 0 Å². The molecule has 4 N–H and O–H groups in total. The van der Waals surface area contributed by atoms with Crippen LogP contribution < -0.4 is 11.3 Å². The molecular weight excluding hydrogens is 204 g/mol. The number of nitrogens with one attached hydrogen (secondary N) is 1. The monoisotopic (exact) mass is 222 g/mol. The normalized spacial score (nSPS) is 11.2. The van der Waals surface area contributed by atoms with Crippen molar-refractivity contribution in [1.82, 2.24) is 5.43 Å². The van der Waals surface area contributed by atoms with Gasteiger partial charge < -0.3 is 5.11 Å². The molecule has 88 valence electrons. The highest BCUT2D eigenvalue weighted by molar-refractivity contribution is 5.78. The number of amides is 1. The molecule has 0 bridgehead atoms. The summed E-state index contributed by atoms with van der Waals surface area (Å²) in [7, 11) is 0. The lowest BCUT2D eigenvalue weighted by Crippen LogP contribution is -2.31. The quantitative estimate of drug-likeness (QED) is 0.400. The van der Waals surface area contributed by atoms with Crippen molar-refractivity contribution in [3.05, 3.63) is 29.3 Å². The molecule has 0 saturated heterocycles. The van der Waals surface area contributed by atoms with Crippen molar-refractivity contribution in [3.63, 3.8) is 0 Å². The molecule has 0 fully saturated rings. The van der Waals surface area contributed by atoms with Crippen LogP contribution in [-0.4, -0.2) is 11.0 Å². The number of rotatable bonds is 2. The molecule has 1 aromatic carbocycles. The number of carbonyl (C=O) groups is 1. The van der Waals surface area contributed by atoms with E-state index in [2.05, 4.69) is 5.43 Å². The molecule has 0 radical (unpaired) electrons. The van der Waals surface area contributed by atoms with Crippen LogP contribution in [0.2, 0.25) is 0 Å². The Morgan fingerprint density at radius 3 is 2.56 bits per heavy atom. The maximum absolute atomic E-state index is 11.1. The van der Waals surface area contributed by atoms with Gasteiger partial charge in [0, 0.05) is 0 Å². The summed E-state index contributed by atoms with van der Waals surface area (Å²) >= 11 is 0. The second-order valence-electron chi connectivity index (χ2n) is 4.85. The molecule has 0 atom stereocenters. The molecule has 4 nitrogen and oxygen atoms in total. The van der Waals surface area contributed by atoms with E-state index in [1.54, 1.807) is 12.1 Å². The standard InChI is InChI=1S/C12H18N2O2/c1-12(2,3)9-6-8(4-5-10(9)15)7-11(16)14-13/h4-6,15H,7,13H2,1-3H3,(H,14,16). The Bertz CT molecular complexity index is 394. The van der Waals surface area contributed by atoms with E-state index in [1.165, 1.54) is 0 Å². The first-order valence-electron chi connectivity index (χ1n) is 5.16. The number of hydrazine groups is 1.